The summed E-state index contributed by atoms with van der Waals surface area (Å²) in [7, 11) is 7.03. The van der Waals surface area contributed by atoms with Crippen molar-refractivity contribution in [3.63, 3.8) is 0 Å². The van der Waals surface area contributed by atoms with Crippen molar-refractivity contribution in [2.45, 2.75) is 45.2 Å². The van der Waals surface area contributed by atoms with Gasteiger partial charge in [-0.2, -0.15) is 0 Å². The number of hydrogen-bond acceptors (Lipinski definition) is 5. The molecule has 116 valence electrons. The fourth-order valence-corrected chi connectivity index (χ4v) is 2.24. The van der Waals surface area contributed by atoms with Gasteiger partial charge < -0.3 is 24.3 Å². The molecule has 0 bridgehead atoms. The molecule has 1 fully saturated rings. The molecule has 0 spiro atoms. The Hall–Kier alpha value is -0.200. The van der Waals surface area contributed by atoms with Gasteiger partial charge in [0.05, 0.1) is 11.7 Å². The van der Waals surface area contributed by atoms with Gasteiger partial charge in [-0.25, -0.2) is 0 Å². The van der Waals surface area contributed by atoms with Gasteiger partial charge in [0.25, 0.3) is 0 Å². The van der Waals surface area contributed by atoms with E-state index in [0.717, 1.165) is 19.6 Å². The predicted octanol–water partition coefficient (Wildman–Crippen LogP) is 1.66. The van der Waals surface area contributed by atoms with E-state index in [0.29, 0.717) is 5.92 Å². The summed E-state index contributed by atoms with van der Waals surface area (Å²) < 4.78 is 21.3. The summed E-state index contributed by atoms with van der Waals surface area (Å²) in [6.07, 6.45) is 0.833. The molecule has 5 heteroatoms. The molecule has 0 amide bonds. The third-order valence-electron chi connectivity index (χ3n) is 3.73. The Balaban J connectivity index is 0.000000711. The van der Waals surface area contributed by atoms with Crippen molar-refractivity contribution in [3.05, 3.63) is 0 Å². The van der Waals surface area contributed by atoms with Crippen molar-refractivity contribution in [3.8, 4) is 0 Å². The monoisotopic (exact) mass is 277 g/mol. The highest BCUT2D eigenvalue weighted by Gasteiger charge is 2.44. The van der Waals surface area contributed by atoms with E-state index in [-0.39, 0.29) is 18.0 Å². The lowest BCUT2D eigenvalue weighted by Crippen LogP contribution is -2.56. The fraction of sp³-hybridized carbons (Fsp3) is 1.00. The third-order valence-corrected chi connectivity index (χ3v) is 3.73. The highest BCUT2D eigenvalue weighted by Crippen LogP contribution is 2.35. The smallest absolute Gasteiger partial charge is 0.160 e. The molecule has 4 unspecified atom stereocenters. The molecule has 1 saturated heterocycles. The number of hydrogen-bond donors (Lipinski definition) is 1. The number of likely N-dealkylation sites (N-methyl/N-ethyl adjacent to an activating group) is 1. The van der Waals surface area contributed by atoms with Crippen LogP contribution >= 0.6 is 0 Å². The van der Waals surface area contributed by atoms with Crippen LogP contribution in [-0.2, 0) is 18.9 Å². The molecule has 1 aliphatic rings. The van der Waals surface area contributed by atoms with E-state index in [4.69, 9.17) is 14.2 Å². The lowest BCUT2D eigenvalue weighted by molar-refractivity contribution is -0.265. The SMILES string of the molecule is CCOC.CNCC1(C)OC(OC)CC(OC)C1C. The summed E-state index contributed by atoms with van der Waals surface area (Å²) in [6.45, 7) is 7.84. The van der Waals surface area contributed by atoms with E-state index in [1.54, 1.807) is 21.3 Å². The van der Waals surface area contributed by atoms with Gasteiger partial charge in [0.1, 0.15) is 0 Å². The molecule has 1 aliphatic heterocycles. The van der Waals surface area contributed by atoms with Crippen LogP contribution in [-0.4, -0.2) is 59.5 Å². The quantitative estimate of drug-likeness (QED) is 0.828. The van der Waals surface area contributed by atoms with Gasteiger partial charge in [-0.1, -0.05) is 6.92 Å². The van der Waals surface area contributed by atoms with Gasteiger partial charge in [0.15, 0.2) is 6.29 Å². The second kappa shape index (κ2) is 9.66. The maximum absolute atomic E-state index is 5.94. The molecule has 0 aromatic carbocycles. The van der Waals surface area contributed by atoms with Crippen LogP contribution in [0.4, 0.5) is 0 Å². The first-order valence-electron chi connectivity index (χ1n) is 6.85. The fourth-order valence-electron chi connectivity index (χ4n) is 2.24. The highest BCUT2D eigenvalue weighted by atomic mass is 16.7. The van der Waals surface area contributed by atoms with Crippen LogP contribution in [0.25, 0.3) is 0 Å². The van der Waals surface area contributed by atoms with Gasteiger partial charge in [-0.05, 0) is 20.9 Å². The molecule has 5 nitrogen and oxygen atoms in total. The average Bonchev–Trinajstić information content (AvgIpc) is 2.42. The molecule has 1 N–H and O–H groups in total. The Bertz CT molecular complexity index is 225. The zero-order valence-corrected chi connectivity index (χ0v) is 13.5. The number of ether oxygens (including phenoxy) is 4. The highest BCUT2D eigenvalue weighted by molar-refractivity contribution is 4.92. The Morgan fingerprint density at radius 3 is 2.21 bits per heavy atom. The Morgan fingerprint density at radius 1 is 1.26 bits per heavy atom. The summed E-state index contributed by atoms with van der Waals surface area (Å²) in [5, 5.41) is 3.16. The average molecular weight is 277 g/mol. The minimum atomic E-state index is -0.228. The van der Waals surface area contributed by atoms with E-state index < -0.39 is 0 Å². The zero-order valence-electron chi connectivity index (χ0n) is 13.5. The topological polar surface area (TPSA) is 49.0 Å². The molecule has 1 heterocycles. The Kier molecular flexibility index (Phi) is 9.56. The lowest BCUT2D eigenvalue weighted by atomic mass is 9.82. The van der Waals surface area contributed by atoms with Crippen LogP contribution in [0.3, 0.4) is 0 Å². The summed E-state index contributed by atoms with van der Waals surface area (Å²) in [4.78, 5) is 0. The van der Waals surface area contributed by atoms with Crippen molar-refractivity contribution >= 4 is 0 Å². The summed E-state index contributed by atoms with van der Waals surface area (Å²) in [5.74, 6) is 0.348. The molecular weight excluding hydrogens is 246 g/mol. The van der Waals surface area contributed by atoms with Crippen LogP contribution in [0.1, 0.15) is 27.2 Å². The summed E-state index contributed by atoms with van der Waals surface area (Å²) in [5.41, 5.74) is -0.228. The standard InChI is InChI=1S/C11H23NO3.C3H8O/c1-8-9(13-4)6-10(14-5)15-11(8,2)7-12-3;1-3-4-2/h8-10,12H,6-7H2,1-5H3;3H2,1-2H3. The zero-order chi connectivity index (χ0) is 14.9. The van der Waals surface area contributed by atoms with Crippen molar-refractivity contribution in [1.29, 1.82) is 0 Å². The molecular formula is C14H31NO4. The van der Waals surface area contributed by atoms with E-state index in [1.807, 2.05) is 14.0 Å². The molecule has 0 aliphatic carbocycles. The number of methoxy groups -OCH3 is 3. The van der Waals surface area contributed by atoms with Crippen LogP contribution in [0, 0.1) is 5.92 Å². The van der Waals surface area contributed by atoms with Crippen molar-refractivity contribution in [2.24, 2.45) is 5.92 Å². The van der Waals surface area contributed by atoms with Crippen molar-refractivity contribution in [2.75, 3.05) is 41.5 Å². The van der Waals surface area contributed by atoms with Gasteiger partial charge in [-0.15, -0.1) is 0 Å². The Morgan fingerprint density at radius 2 is 1.84 bits per heavy atom. The van der Waals surface area contributed by atoms with E-state index in [1.165, 1.54) is 0 Å². The third kappa shape index (κ3) is 5.75. The van der Waals surface area contributed by atoms with E-state index >= 15 is 0 Å². The lowest BCUT2D eigenvalue weighted by Gasteiger charge is -2.46. The van der Waals surface area contributed by atoms with Crippen molar-refractivity contribution < 1.29 is 18.9 Å². The molecule has 0 aromatic heterocycles. The first-order chi connectivity index (χ1) is 8.98. The second-order valence-corrected chi connectivity index (χ2v) is 5.00. The predicted molar refractivity (Wildman–Crippen MR) is 76.3 cm³/mol. The number of nitrogens with one attached hydrogen (secondary N) is 1. The molecule has 0 saturated carbocycles. The van der Waals surface area contributed by atoms with Gasteiger partial charge in [-0.3, -0.25) is 0 Å². The minimum Gasteiger partial charge on any atom is -0.385 e. The molecule has 19 heavy (non-hydrogen) atoms. The van der Waals surface area contributed by atoms with E-state index in [9.17, 15) is 0 Å². The molecule has 4 atom stereocenters. The van der Waals surface area contributed by atoms with Crippen LogP contribution in [0.5, 0.6) is 0 Å². The maximum Gasteiger partial charge on any atom is 0.160 e. The van der Waals surface area contributed by atoms with Crippen LogP contribution in [0.2, 0.25) is 0 Å². The van der Waals surface area contributed by atoms with Crippen LogP contribution in [0.15, 0.2) is 0 Å². The molecule has 1 rings (SSSR count). The maximum atomic E-state index is 5.94. The van der Waals surface area contributed by atoms with Gasteiger partial charge in [0, 0.05) is 46.8 Å². The number of rotatable bonds is 5. The summed E-state index contributed by atoms with van der Waals surface area (Å²) in [6, 6.07) is 0. The van der Waals surface area contributed by atoms with Crippen LogP contribution < -0.4 is 5.32 Å². The largest absolute Gasteiger partial charge is 0.385 e. The first kappa shape index (κ1) is 18.8. The Labute approximate surface area is 117 Å². The minimum absolute atomic E-state index is 0.163. The first-order valence-corrected chi connectivity index (χ1v) is 6.85. The second-order valence-electron chi connectivity index (χ2n) is 5.00. The van der Waals surface area contributed by atoms with E-state index in [2.05, 4.69) is 23.9 Å². The van der Waals surface area contributed by atoms with Gasteiger partial charge in [0.2, 0.25) is 0 Å². The van der Waals surface area contributed by atoms with Crippen molar-refractivity contribution in [1.82, 2.24) is 5.32 Å². The normalized spacial score (nSPS) is 34.6. The molecule has 0 aromatic rings. The molecule has 0 radical (unpaired) electrons. The van der Waals surface area contributed by atoms with Gasteiger partial charge >= 0.3 is 0 Å². The summed E-state index contributed by atoms with van der Waals surface area (Å²) >= 11 is 0.